The average Bonchev–Trinajstić information content (AvgIpc) is 2.24. The van der Waals surface area contributed by atoms with E-state index >= 15 is 0 Å². The molecule has 1 aromatic carbocycles. The minimum atomic E-state index is -0.512. The Morgan fingerprint density at radius 2 is 2.19 bits per heavy atom. The Morgan fingerprint density at radius 1 is 1.44 bits per heavy atom. The van der Waals surface area contributed by atoms with Gasteiger partial charge in [-0.15, -0.1) is 0 Å². The Labute approximate surface area is 99.5 Å². The highest BCUT2D eigenvalue weighted by Gasteiger charge is 2.05. The second-order valence-electron chi connectivity index (χ2n) is 3.21. The van der Waals surface area contributed by atoms with E-state index in [4.69, 9.17) is 21.1 Å². The molecule has 0 fully saturated rings. The van der Waals surface area contributed by atoms with E-state index in [9.17, 15) is 4.79 Å². The van der Waals surface area contributed by atoms with E-state index in [1.54, 1.807) is 19.2 Å². The van der Waals surface area contributed by atoms with Crippen LogP contribution >= 0.6 is 11.6 Å². The van der Waals surface area contributed by atoms with Crippen molar-refractivity contribution in [2.75, 3.05) is 25.6 Å². The summed E-state index contributed by atoms with van der Waals surface area (Å²) in [5.74, 6) is 0. The molecule has 16 heavy (non-hydrogen) atoms. The maximum absolute atomic E-state index is 11.3. The Kier molecular flexibility index (Phi) is 5.08. The summed E-state index contributed by atoms with van der Waals surface area (Å²) in [7, 11) is 1.54. The number of hydrogen-bond acceptors (Lipinski definition) is 3. The molecular weight excluding hydrogens is 230 g/mol. The van der Waals surface area contributed by atoms with Crippen LogP contribution in [0.1, 0.15) is 5.56 Å². The highest BCUT2D eigenvalue weighted by molar-refractivity contribution is 6.30. The lowest BCUT2D eigenvalue weighted by Gasteiger charge is -2.09. The molecule has 0 unspecified atom stereocenters. The molecule has 5 heteroatoms. The van der Waals surface area contributed by atoms with Gasteiger partial charge in [0.2, 0.25) is 0 Å². The van der Waals surface area contributed by atoms with E-state index in [-0.39, 0.29) is 6.61 Å². The molecular formula is C11H14ClNO3. The third-order valence-corrected chi connectivity index (χ3v) is 2.19. The van der Waals surface area contributed by atoms with Crippen molar-refractivity contribution >= 4 is 23.4 Å². The molecule has 0 heterocycles. The van der Waals surface area contributed by atoms with Gasteiger partial charge in [0.15, 0.2) is 0 Å². The van der Waals surface area contributed by atoms with Crippen LogP contribution in [0.2, 0.25) is 5.02 Å². The largest absolute Gasteiger partial charge is 0.447 e. The van der Waals surface area contributed by atoms with Crippen LogP contribution in [0.4, 0.5) is 10.5 Å². The SMILES string of the molecule is COCCOC(=O)Nc1cc(Cl)ccc1C. The van der Waals surface area contributed by atoms with Gasteiger partial charge in [-0.2, -0.15) is 0 Å². The summed E-state index contributed by atoms with van der Waals surface area (Å²) in [5.41, 5.74) is 1.57. The third kappa shape index (κ3) is 4.08. The summed E-state index contributed by atoms with van der Waals surface area (Å²) in [6, 6.07) is 5.26. The average molecular weight is 244 g/mol. The van der Waals surface area contributed by atoms with Crippen molar-refractivity contribution in [3.8, 4) is 0 Å². The summed E-state index contributed by atoms with van der Waals surface area (Å²) in [6.07, 6.45) is -0.512. The fraction of sp³-hybridized carbons (Fsp3) is 0.364. The van der Waals surface area contributed by atoms with Gasteiger partial charge in [0.1, 0.15) is 6.61 Å². The molecule has 1 N–H and O–H groups in total. The van der Waals surface area contributed by atoms with Crippen LogP contribution in [0.15, 0.2) is 18.2 Å². The summed E-state index contributed by atoms with van der Waals surface area (Å²) < 4.78 is 9.62. The summed E-state index contributed by atoms with van der Waals surface area (Å²) in [5, 5.41) is 3.18. The zero-order valence-electron chi connectivity index (χ0n) is 9.25. The van der Waals surface area contributed by atoms with Crippen LogP contribution in [0.5, 0.6) is 0 Å². The number of hydrogen-bond donors (Lipinski definition) is 1. The Bertz CT molecular complexity index is 368. The van der Waals surface area contributed by atoms with E-state index in [1.165, 1.54) is 0 Å². The van der Waals surface area contributed by atoms with Gasteiger partial charge in [0.05, 0.1) is 6.61 Å². The number of carbonyl (C=O) groups is 1. The zero-order chi connectivity index (χ0) is 12.0. The van der Waals surface area contributed by atoms with Gasteiger partial charge >= 0.3 is 6.09 Å². The molecule has 0 aliphatic rings. The van der Waals surface area contributed by atoms with Crippen LogP contribution in [0.25, 0.3) is 0 Å². The highest BCUT2D eigenvalue weighted by Crippen LogP contribution is 2.20. The molecule has 0 aliphatic carbocycles. The summed E-state index contributed by atoms with van der Waals surface area (Å²) >= 11 is 5.81. The Hall–Kier alpha value is -1.26. The zero-order valence-corrected chi connectivity index (χ0v) is 10.0. The van der Waals surface area contributed by atoms with E-state index in [0.29, 0.717) is 17.3 Å². The molecule has 1 amide bonds. The van der Waals surface area contributed by atoms with Crippen LogP contribution in [0.3, 0.4) is 0 Å². The second-order valence-corrected chi connectivity index (χ2v) is 3.65. The minimum absolute atomic E-state index is 0.224. The molecule has 88 valence electrons. The Balaban J connectivity index is 2.52. The molecule has 0 radical (unpaired) electrons. The first-order chi connectivity index (χ1) is 7.63. The lowest BCUT2D eigenvalue weighted by atomic mass is 10.2. The van der Waals surface area contributed by atoms with Gasteiger partial charge in [0.25, 0.3) is 0 Å². The van der Waals surface area contributed by atoms with Crippen molar-refractivity contribution in [1.82, 2.24) is 0 Å². The first-order valence-corrected chi connectivity index (χ1v) is 5.20. The molecule has 1 aromatic rings. The number of amides is 1. The normalized spacial score (nSPS) is 9.94. The Morgan fingerprint density at radius 3 is 2.88 bits per heavy atom. The first kappa shape index (κ1) is 12.8. The fourth-order valence-corrected chi connectivity index (χ4v) is 1.26. The molecule has 0 saturated carbocycles. The molecule has 0 spiro atoms. The number of nitrogens with one attached hydrogen (secondary N) is 1. The summed E-state index contributed by atoms with van der Waals surface area (Å²) in [6.45, 7) is 2.48. The molecule has 0 bridgehead atoms. The number of halogens is 1. The van der Waals surface area contributed by atoms with Gasteiger partial charge in [-0.3, -0.25) is 5.32 Å². The maximum atomic E-state index is 11.3. The number of ether oxygens (including phenoxy) is 2. The van der Waals surface area contributed by atoms with E-state index in [2.05, 4.69) is 5.32 Å². The summed E-state index contributed by atoms with van der Waals surface area (Å²) in [4.78, 5) is 11.3. The predicted octanol–water partition coefficient (Wildman–Crippen LogP) is 2.84. The van der Waals surface area contributed by atoms with Gasteiger partial charge in [-0.05, 0) is 24.6 Å². The van der Waals surface area contributed by atoms with Crippen LogP contribution < -0.4 is 5.32 Å². The van der Waals surface area contributed by atoms with Crippen molar-refractivity contribution in [2.24, 2.45) is 0 Å². The van der Waals surface area contributed by atoms with Gasteiger partial charge in [-0.25, -0.2) is 4.79 Å². The van der Waals surface area contributed by atoms with Gasteiger partial charge in [0, 0.05) is 17.8 Å². The van der Waals surface area contributed by atoms with Gasteiger partial charge in [-0.1, -0.05) is 17.7 Å². The number of carbonyl (C=O) groups excluding carboxylic acids is 1. The number of methoxy groups -OCH3 is 1. The number of aryl methyl sites for hydroxylation is 1. The number of anilines is 1. The molecule has 0 aromatic heterocycles. The van der Waals surface area contributed by atoms with Crippen LogP contribution in [-0.4, -0.2) is 26.4 Å². The monoisotopic (exact) mass is 243 g/mol. The van der Waals surface area contributed by atoms with Crippen molar-refractivity contribution in [3.63, 3.8) is 0 Å². The fourth-order valence-electron chi connectivity index (χ4n) is 1.09. The highest BCUT2D eigenvalue weighted by atomic mass is 35.5. The molecule has 1 rings (SSSR count). The van der Waals surface area contributed by atoms with Crippen molar-refractivity contribution < 1.29 is 14.3 Å². The van der Waals surface area contributed by atoms with Crippen molar-refractivity contribution in [2.45, 2.75) is 6.92 Å². The molecule has 0 aliphatic heterocycles. The topological polar surface area (TPSA) is 47.6 Å². The minimum Gasteiger partial charge on any atom is -0.447 e. The quantitative estimate of drug-likeness (QED) is 0.828. The first-order valence-electron chi connectivity index (χ1n) is 4.82. The van der Waals surface area contributed by atoms with Crippen LogP contribution in [-0.2, 0) is 9.47 Å². The lowest BCUT2D eigenvalue weighted by molar-refractivity contribution is 0.107. The van der Waals surface area contributed by atoms with E-state index < -0.39 is 6.09 Å². The number of benzene rings is 1. The van der Waals surface area contributed by atoms with Crippen molar-refractivity contribution in [3.05, 3.63) is 28.8 Å². The predicted molar refractivity (Wildman–Crippen MR) is 63.0 cm³/mol. The smallest absolute Gasteiger partial charge is 0.411 e. The lowest BCUT2D eigenvalue weighted by Crippen LogP contribution is -2.16. The van der Waals surface area contributed by atoms with Gasteiger partial charge < -0.3 is 9.47 Å². The standard InChI is InChI=1S/C11H14ClNO3/c1-8-3-4-9(12)7-10(8)13-11(14)16-6-5-15-2/h3-4,7H,5-6H2,1-2H3,(H,13,14). The molecule has 4 nitrogen and oxygen atoms in total. The third-order valence-electron chi connectivity index (χ3n) is 1.96. The van der Waals surface area contributed by atoms with Crippen molar-refractivity contribution in [1.29, 1.82) is 0 Å². The van der Waals surface area contributed by atoms with Crippen LogP contribution in [0, 0.1) is 6.92 Å². The maximum Gasteiger partial charge on any atom is 0.411 e. The molecule has 0 atom stereocenters. The van der Waals surface area contributed by atoms with E-state index in [0.717, 1.165) is 5.56 Å². The second kappa shape index (κ2) is 6.35. The van der Waals surface area contributed by atoms with E-state index in [1.807, 2.05) is 13.0 Å². The number of rotatable bonds is 4. The molecule has 0 saturated heterocycles.